The molecule has 14 heavy (non-hydrogen) atoms. The highest BCUT2D eigenvalue weighted by Gasteiger charge is 2.05. The molecule has 0 fully saturated rings. The minimum atomic E-state index is 0.518. The molecule has 2 aromatic heterocycles. The molecule has 0 aliphatic rings. The monoisotopic (exact) mass is 193 g/mol. The molecule has 2 aromatic rings. The number of nitrogens with zero attached hydrogens (tertiary/aromatic N) is 4. The SMILES string of the molecule is CNCc1noc(Cn2cccn2)n1. The minimum Gasteiger partial charge on any atom is -0.337 e. The number of rotatable bonds is 4. The van der Waals surface area contributed by atoms with Crippen molar-refractivity contribution in [2.75, 3.05) is 7.05 Å². The molecule has 0 aromatic carbocycles. The van der Waals surface area contributed by atoms with Crippen molar-refractivity contribution < 1.29 is 4.52 Å². The van der Waals surface area contributed by atoms with E-state index < -0.39 is 0 Å². The largest absolute Gasteiger partial charge is 0.337 e. The standard InChI is InChI=1S/C8H11N5O/c1-9-5-7-11-8(14-12-7)6-13-4-2-3-10-13/h2-4,9H,5-6H2,1H3. The van der Waals surface area contributed by atoms with E-state index in [4.69, 9.17) is 4.52 Å². The summed E-state index contributed by atoms with van der Waals surface area (Å²) in [4.78, 5) is 4.17. The molecule has 0 unspecified atom stereocenters. The summed E-state index contributed by atoms with van der Waals surface area (Å²) in [5.74, 6) is 1.23. The lowest BCUT2D eigenvalue weighted by atomic mass is 10.6. The van der Waals surface area contributed by atoms with Gasteiger partial charge in [0.25, 0.3) is 0 Å². The zero-order valence-corrected chi connectivity index (χ0v) is 7.84. The van der Waals surface area contributed by atoms with Crippen molar-refractivity contribution in [1.29, 1.82) is 0 Å². The summed E-state index contributed by atoms with van der Waals surface area (Å²) in [5.41, 5.74) is 0. The Kier molecular flexibility index (Phi) is 2.55. The molecule has 0 saturated heterocycles. The van der Waals surface area contributed by atoms with Gasteiger partial charge in [0.2, 0.25) is 5.89 Å². The predicted octanol–water partition coefficient (Wildman–Crippen LogP) is 0.0338. The molecule has 74 valence electrons. The summed E-state index contributed by atoms with van der Waals surface area (Å²) < 4.78 is 6.76. The molecular weight excluding hydrogens is 182 g/mol. The fraction of sp³-hybridized carbons (Fsp3) is 0.375. The maximum Gasteiger partial charge on any atom is 0.248 e. The highest BCUT2D eigenvalue weighted by atomic mass is 16.5. The number of hydrogen-bond acceptors (Lipinski definition) is 5. The maximum absolute atomic E-state index is 5.03. The first-order valence-electron chi connectivity index (χ1n) is 4.32. The topological polar surface area (TPSA) is 68.8 Å². The molecule has 0 bridgehead atoms. The van der Waals surface area contributed by atoms with Crippen molar-refractivity contribution >= 4 is 0 Å². The van der Waals surface area contributed by atoms with Crippen LogP contribution in [0.1, 0.15) is 11.7 Å². The average Bonchev–Trinajstić information content (AvgIpc) is 2.79. The Labute approximate surface area is 80.9 Å². The predicted molar refractivity (Wildman–Crippen MR) is 48.4 cm³/mol. The fourth-order valence-electron chi connectivity index (χ4n) is 1.12. The quantitative estimate of drug-likeness (QED) is 0.742. The van der Waals surface area contributed by atoms with Crippen molar-refractivity contribution in [2.45, 2.75) is 13.1 Å². The highest BCUT2D eigenvalue weighted by molar-refractivity contribution is 4.88. The molecule has 2 heterocycles. The van der Waals surface area contributed by atoms with Crippen LogP contribution in [0, 0.1) is 0 Å². The third-order valence-electron chi connectivity index (χ3n) is 1.70. The van der Waals surface area contributed by atoms with Crippen LogP contribution >= 0.6 is 0 Å². The van der Waals surface area contributed by atoms with E-state index >= 15 is 0 Å². The van der Waals surface area contributed by atoms with E-state index in [-0.39, 0.29) is 0 Å². The first kappa shape index (κ1) is 8.89. The third kappa shape index (κ3) is 1.97. The number of hydrogen-bond donors (Lipinski definition) is 1. The average molecular weight is 193 g/mol. The molecule has 1 N–H and O–H groups in total. The minimum absolute atomic E-state index is 0.518. The van der Waals surface area contributed by atoms with E-state index in [1.54, 1.807) is 10.9 Å². The van der Waals surface area contributed by atoms with Crippen LogP contribution in [0.2, 0.25) is 0 Å². The highest BCUT2D eigenvalue weighted by Crippen LogP contribution is 1.99. The Morgan fingerprint density at radius 1 is 1.57 bits per heavy atom. The van der Waals surface area contributed by atoms with Gasteiger partial charge >= 0.3 is 0 Å². The summed E-state index contributed by atoms with van der Waals surface area (Å²) >= 11 is 0. The van der Waals surface area contributed by atoms with Gasteiger partial charge in [-0.1, -0.05) is 5.16 Å². The van der Waals surface area contributed by atoms with Gasteiger partial charge in [0, 0.05) is 12.4 Å². The molecular formula is C8H11N5O. The van der Waals surface area contributed by atoms with Crippen molar-refractivity contribution in [3.05, 3.63) is 30.2 Å². The van der Waals surface area contributed by atoms with E-state index in [2.05, 4.69) is 20.6 Å². The van der Waals surface area contributed by atoms with Crippen LogP contribution < -0.4 is 5.32 Å². The maximum atomic E-state index is 5.03. The molecule has 0 saturated carbocycles. The van der Waals surface area contributed by atoms with E-state index in [0.717, 1.165) is 0 Å². The summed E-state index contributed by atoms with van der Waals surface area (Å²) in [6, 6.07) is 1.85. The number of aromatic nitrogens is 4. The van der Waals surface area contributed by atoms with E-state index in [0.29, 0.717) is 24.8 Å². The van der Waals surface area contributed by atoms with Gasteiger partial charge in [0.15, 0.2) is 5.82 Å². The van der Waals surface area contributed by atoms with Crippen LogP contribution in [0.3, 0.4) is 0 Å². The summed E-state index contributed by atoms with van der Waals surface area (Å²) in [6.07, 6.45) is 3.56. The molecule has 6 heteroatoms. The molecule has 2 rings (SSSR count). The van der Waals surface area contributed by atoms with Gasteiger partial charge in [0.05, 0.1) is 6.54 Å². The zero-order chi connectivity index (χ0) is 9.80. The van der Waals surface area contributed by atoms with E-state index in [1.165, 1.54) is 0 Å². The van der Waals surface area contributed by atoms with Crippen LogP contribution in [0.15, 0.2) is 23.0 Å². The van der Waals surface area contributed by atoms with Crippen molar-refractivity contribution in [1.82, 2.24) is 25.2 Å². The first-order valence-corrected chi connectivity index (χ1v) is 4.32. The van der Waals surface area contributed by atoms with Gasteiger partial charge in [-0.05, 0) is 13.1 Å². The lowest BCUT2D eigenvalue weighted by Crippen LogP contribution is -2.07. The Morgan fingerprint density at radius 3 is 3.21 bits per heavy atom. The summed E-state index contributed by atoms with van der Waals surface area (Å²) in [5, 5.41) is 10.8. The zero-order valence-electron chi connectivity index (χ0n) is 7.84. The normalized spacial score (nSPS) is 10.6. The Morgan fingerprint density at radius 2 is 2.50 bits per heavy atom. The second-order valence-electron chi connectivity index (χ2n) is 2.84. The number of nitrogens with one attached hydrogen (secondary N) is 1. The smallest absolute Gasteiger partial charge is 0.248 e. The van der Waals surface area contributed by atoms with Crippen LogP contribution in [0.5, 0.6) is 0 Å². The van der Waals surface area contributed by atoms with Gasteiger partial charge in [-0.25, -0.2) is 0 Å². The Balaban J connectivity index is 2.03. The van der Waals surface area contributed by atoms with Crippen molar-refractivity contribution in [3.8, 4) is 0 Å². The van der Waals surface area contributed by atoms with E-state index in [1.807, 2.05) is 19.3 Å². The Hall–Kier alpha value is -1.69. The molecule has 0 amide bonds. The van der Waals surface area contributed by atoms with Gasteiger partial charge in [-0.3, -0.25) is 4.68 Å². The first-order chi connectivity index (χ1) is 6.88. The van der Waals surface area contributed by atoms with Gasteiger partial charge < -0.3 is 9.84 Å². The van der Waals surface area contributed by atoms with E-state index in [9.17, 15) is 0 Å². The molecule has 0 spiro atoms. The van der Waals surface area contributed by atoms with Gasteiger partial charge in [0.1, 0.15) is 6.54 Å². The van der Waals surface area contributed by atoms with Gasteiger partial charge in [-0.2, -0.15) is 10.1 Å². The fourth-order valence-corrected chi connectivity index (χ4v) is 1.12. The second-order valence-corrected chi connectivity index (χ2v) is 2.84. The lowest BCUT2D eigenvalue weighted by molar-refractivity contribution is 0.360. The third-order valence-corrected chi connectivity index (χ3v) is 1.70. The summed E-state index contributed by atoms with van der Waals surface area (Å²) in [7, 11) is 1.84. The Bertz CT molecular complexity index is 380. The lowest BCUT2D eigenvalue weighted by Gasteiger charge is -1.93. The second kappa shape index (κ2) is 4.01. The van der Waals surface area contributed by atoms with Crippen molar-refractivity contribution in [3.63, 3.8) is 0 Å². The molecule has 6 nitrogen and oxygen atoms in total. The van der Waals surface area contributed by atoms with Crippen molar-refractivity contribution in [2.24, 2.45) is 0 Å². The molecule has 0 aliphatic carbocycles. The molecule has 0 aliphatic heterocycles. The van der Waals surface area contributed by atoms with Crippen LogP contribution in [0.25, 0.3) is 0 Å². The van der Waals surface area contributed by atoms with Crippen LogP contribution in [0.4, 0.5) is 0 Å². The molecule has 0 radical (unpaired) electrons. The van der Waals surface area contributed by atoms with Gasteiger partial charge in [-0.15, -0.1) is 0 Å². The van der Waals surface area contributed by atoms with Crippen LogP contribution in [-0.4, -0.2) is 27.0 Å². The summed E-state index contributed by atoms with van der Waals surface area (Å²) in [6.45, 7) is 1.13. The molecule has 0 atom stereocenters. The van der Waals surface area contributed by atoms with Crippen LogP contribution in [-0.2, 0) is 13.1 Å².